The molecule has 3 N–H and O–H groups in total. The molecule has 3 heteroatoms. The maximum atomic E-state index is 12.3. The normalized spacial score (nSPS) is 15.3. The van der Waals surface area contributed by atoms with E-state index in [1.165, 1.54) is 16.7 Å². The van der Waals surface area contributed by atoms with Gasteiger partial charge in [0.05, 0.1) is 6.04 Å². The van der Waals surface area contributed by atoms with E-state index in [4.69, 9.17) is 5.73 Å². The predicted molar refractivity (Wildman–Crippen MR) is 89.1 cm³/mol. The number of aryl methyl sites for hydroxylation is 2. The smallest absolute Gasteiger partial charge is 0.223 e. The van der Waals surface area contributed by atoms with E-state index < -0.39 is 0 Å². The Morgan fingerprint density at radius 1 is 1.19 bits per heavy atom. The Labute approximate surface area is 129 Å². The average Bonchev–Trinajstić information content (AvgIpc) is 2.40. The SMILES string of the molecule is Cc1ccc(C)c(C(C)NC(=O)C(C)CCCC(C)N)c1. The third-order valence-electron chi connectivity index (χ3n) is 4.00. The Kier molecular flexibility index (Phi) is 6.90. The van der Waals surface area contributed by atoms with Crippen molar-refractivity contribution in [2.45, 2.75) is 66.0 Å². The van der Waals surface area contributed by atoms with Gasteiger partial charge in [0.25, 0.3) is 0 Å². The minimum absolute atomic E-state index is 0.0383. The number of carbonyl (C=O) groups excluding carboxylic acids is 1. The fourth-order valence-electron chi connectivity index (χ4n) is 2.54. The molecule has 0 aromatic heterocycles. The van der Waals surface area contributed by atoms with Crippen molar-refractivity contribution in [2.75, 3.05) is 0 Å². The van der Waals surface area contributed by atoms with Crippen LogP contribution < -0.4 is 11.1 Å². The number of amides is 1. The maximum Gasteiger partial charge on any atom is 0.223 e. The highest BCUT2D eigenvalue weighted by molar-refractivity contribution is 5.78. The molecule has 118 valence electrons. The molecule has 1 aromatic carbocycles. The van der Waals surface area contributed by atoms with Crippen molar-refractivity contribution in [2.24, 2.45) is 11.7 Å². The molecular weight excluding hydrogens is 260 g/mol. The molecule has 1 aromatic rings. The van der Waals surface area contributed by atoms with E-state index in [-0.39, 0.29) is 23.9 Å². The number of benzene rings is 1. The molecule has 0 aliphatic carbocycles. The van der Waals surface area contributed by atoms with Crippen LogP contribution in [0.15, 0.2) is 18.2 Å². The van der Waals surface area contributed by atoms with E-state index in [1.807, 2.05) is 20.8 Å². The molecule has 0 aliphatic heterocycles. The zero-order valence-electron chi connectivity index (χ0n) is 14.1. The van der Waals surface area contributed by atoms with Crippen LogP contribution in [0.25, 0.3) is 0 Å². The molecule has 3 unspecified atom stereocenters. The molecule has 0 spiro atoms. The summed E-state index contributed by atoms with van der Waals surface area (Å²) in [6.45, 7) is 10.2. The van der Waals surface area contributed by atoms with Crippen LogP contribution in [0.4, 0.5) is 0 Å². The third kappa shape index (κ3) is 5.88. The average molecular weight is 290 g/mol. The van der Waals surface area contributed by atoms with Crippen molar-refractivity contribution in [3.63, 3.8) is 0 Å². The van der Waals surface area contributed by atoms with Gasteiger partial charge in [-0.3, -0.25) is 4.79 Å². The number of carbonyl (C=O) groups is 1. The van der Waals surface area contributed by atoms with Crippen LogP contribution in [-0.2, 0) is 4.79 Å². The fourth-order valence-corrected chi connectivity index (χ4v) is 2.54. The number of nitrogens with two attached hydrogens (primary N) is 1. The highest BCUT2D eigenvalue weighted by Gasteiger charge is 2.17. The highest BCUT2D eigenvalue weighted by atomic mass is 16.1. The van der Waals surface area contributed by atoms with Crippen molar-refractivity contribution in [3.8, 4) is 0 Å². The molecule has 21 heavy (non-hydrogen) atoms. The summed E-state index contributed by atoms with van der Waals surface area (Å²) in [5.41, 5.74) is 9.39. The topological polar surface area (TPSA) is 55.1 Å². The Balaban J connectivity index is 2.55. The molecule has 3 nitrogen and oxygen atoms in total. The molecule has 0 bridgehead atoms. The van der Waals surface area contributed by atoms with Gasteiger partial charge in [-0.15, -0.1) is 0 Å². The van der Waals surface area contributed by atoms with Crippen molar-refractivity contribution < 1.29 is 4.79 Å². The van der Waals surface area contributed by atoms with E-state index in [2.05, 4.69) is 37.4 Å². The molecule has 0 saturated carbocycles. The van der Waals surface area contributed by atoms with Gasteiger partial charge in [-0.05, 0) is 51.7 Å². The molecular formula is C18H30N2O. The van der Waals surface area contributed by atoms with Crippen LogP contribution in [0.3, 0.4) is 0 Å². The lowest BCUT2D eigenvalue weighted by Gasteiger charge is -2.20. The lowest BCUT2D eigenvalue weighted by Crippen LogP contribution is -2.32. The minimum atomic E-state index is 0.0383. The van der Waals surface area contributed by atoms with Crippen LogP contribution in [0, 0.1) is 19.8 Å². The van der Waals surface area contributed by atoms with Crippen molar-refractivity contribution in [3.05, 3.63) is 34.9 Å². The van der Waals surface area contributed by atoms with Crippen molar-refractivity contribution >= 4 is 5.91 Å². The Morgan fingerprint density at radius 2 is 1.86 bits per heavy atom. The maximum absolute atomic E-state index is 12.3. The van der Waals surface area contributed by atoms with Crippen molar-refractivity contribution in [1.29, 1.82) is 0 Å². The Morgan fingerprint density at radius 3 is 2.48 bits per heavy atom. The first-order valence-electron chi connectivity index (χ1n) is 7.94. The zero-order valence-corrected chi connectivity index (χ0v) is 14.1. The van der Waals surface area contributed by atoms with Gasteiger partial charge in [0, 0.05) is 12.0 Å². The molecule has 0 fully saturated rings. The second-order valence-electron chi connectivity index (χ2n) is 6.40. The number of hydrogen-bond acceptors (Lipinski definition) is 2. The quantitative estimate of drug-likeness (QED) is 0.805. The van der Waals surface area contributed by atoms with Crippen LogP contribution in [0.1, 0.15) is 62.8 Å². The monoisotopic (exact) mass is 290 g/mol. The second-order valence-corrected chi connectivity index (χ2v) is 6.40. The zero-order chi connectivity index (χ0) is 16.0. The van der Waals surface area contributed by atoms with Gasteiger partial charge in [0.2, 0.25) is 5.91 Å². The molecule has 0 radical (unpaired) electrons. The van der Waals surface area contributed by atoms with Crippen LogP contribution >= 0.6 is 0 Å². The summed E-state index contributed by atoms with van der Waals surface area (Å²) in [6.07, 6.45) is 2.88. The van der Waals surface area contributed by atoms with E-state index >= 15 is 0 Å². The summed E-state index contributed by atoms with van der Waals surface area (Å²) < 4.78 is 0. The summed E-state index contributed by atoms with van der Waals surface area (Å²) in [7, 11) is 0. The third-order valence-corrected chi connectivity index (χ3v) is 4.00. The van der Waals surface area contributed by atoms with E-state index in [9.17, 15) is 4.79 Å². The van der Waals surface area contributed by atoms with Gasteiger partial charge in [-0.2, -0.15) is 0 Å². The lowest BCUT2D eigenvalue weighted by molar-refractivity contribution is -0.125. The largest absolute Gasteiger partial charge is 0.349 e. The molecule has 1 rings (SSSR count). The minimum Gasteiger partial charge on any atom is -0.349 e. The standard InChI is InChI=1S/C18H30N2O/c1-12-9-10-13(2)17(11-12)16(5)20-18(21)14(3)7-6-8-15(4)19/h9-11,14-16H,6-8,19H2,1-5H3,(H,20,21). The van der Waals surface area contributed by atoms with Gasteiger partial charge >= 0.3 is 0 Å². The van der Waals surface area contributed by atoms with Crippen LogP contribution in [0.5, 0.6) is 0 Å². The van der Waals surface area contributed by atoms with E-state index in [1.54, 1.807) is 0 Å². The van der Waals surface area contributed by atoms with Crippen LogP contribution in [-0.4, -0.2) is 11.9 Å². The second kappa shape index (κ2) is 8.18. The molecule has 0 aliphatic rings. The van der Waals surface area contributed by atoms with E-state index in [0.29, 0.717) is 0 Å². The Bertz CT molecular complexity index is 468. The molecule has 0 saturated heterocycles. The van der Waals surface area contributed by atoms with Gasteiger partial charge in [-0.25, -0.2) is 0 Å². The first-order chi connectivity index (χ1) is 9.81. The van der Waals surface area contributed by atoms with Gasteiger partial charge in [0.1, 0.15) is 0 Å². The summed E-state index contributed by atoms with van der Waals surface area (Å²) in [5.74, 6) is 0.171. The van der Waals surface area contributed by atoms with Crippen LogP contribution in [0.2, 0.25) is 0 Å². The molecule has 1 amide bonds. The first kappa shape index (κ1) is 17.7. The number of rotatable bonds is 7. The van der Waals surface area contributed by atoms with Gasteiger partial charge in [-0.1, -0.05) is 37.1 Å². The summed E-state index contributed by atoms with van der Waals surface area (Å²) in [4.78, 5) is 12.3. The van der Waals surface area contributed by atoms with Gasteiger partial charge in [0.15, 0.2) is 0 Å². The summed E-state index contributed by atoms with van der Waals surface area (Å²) >= 11 is 0. The Hall–Kier alpha value is -1.35. The highest BCUT2D eigenvalue weighted by Crippen LogP contribution is 2.20. The molecule has 3 atom stereocenters. The lowest BCUT2D eigenvalue weighted by atomic mass is 9.98. The summed E-state index contributed by atoms with van der Waals surface area (Å²) in [6, 6.07) is 6.63. The van der Waals surface area contributed by atoms with Gasteiger partial charge < -0.3 is 11.1 Å². The number of hydrogen-bond donors (Lipinski definition) is 2. The fraction of sp³-hybridized carbons (Fsp3) is 0.611. The van der Waals surface area contributed by atoms with E-state index in [0.717, 1.165) is 19.3 Å². The number of nitrogens with one attached hydrogen (secondary N) is 1. The summed E-state index contributed by atoms with van der Waals surface area (Å²) in [5, 5.41) is 3.13. The predicted octanol–water partition coefficient (Wildman–Crippen LogP) is 3.63. The van der Waals surface area contributed by atoms with Crippen molar-refractivity contribution in [1.82, 2.24) is 5.32 Å². The molecule has 0 heterocycles. The first-order valence-corrected chi connectivity index (χ1v) is 7.94.